The molecule has 26 heavy (non-hydrogen) atoms. The van der Waals surface area contributed by atoms with Crippen molar-refractivity contribution in [1.29, 1.82) is 0 Å². The van der Waals surface area contributed by atoms with Crippen LogP contribution >= 0.6 is 0 Å². The zero-order valence-electron chi connectivity index (χ0n) is 15.0. The Hall–Kier alpha value is -2.25. The number of hydrogen-bond donors (Lipinski definition) is 0. The van der Waals surface area contributed by atoms with E-state index in [4.69, 9.17) is 4.18 Å². The molecule has 0 saturated carbocycles. The van der Waals surface area contributed by atoms with E-state index in [9.17, 15) is 8.42 Å². The summed E-state index contributed by atoms with van der Waals surface area (Å²) in [5.41, 5.74) is 2.79. The lowest BCUT2D eigenvalue weighted by atomic mass is 10.0. The van der Waals surface area contributed by atoms with E-state index in [1.807, 2.05) is 48.5 Å². The van der Waals surface area contributed by atoms with E-state index in [-0.39, 0.29) is 6.04 Å². The number of nitrogens with zero attached hydrogens (tertiary/aromatic N) is 3. The van der Waals surface area contributed by atoms with Crippen molar-refractivity contribution in [2.45, 2.75) is 19.9 Å². The van der Waals surface area contributed by atoms with Gasteiger partial charge in [0, 0.05) is 30.9 Å². The molecule has 2 aromatic rings. The van der Waals surface area contributed by atoms with Crippen molar-refractivity contribution >= 4 is 21.7 Å². The maximum Gasteiger partial charge on any atom is 0.387 e. The van der Waals surface area contributed by atoms with Gasteiger partial charge in [0.25, 0.3) is 0 Å². The van der Waals surface area contributed by atoms with Crippen LogP contribution in [0.5, 0.6) is 5.75 Å². The molecule has 0 amide bonds. The standard InChI is InChI=1S/C19H23N3O3S/c1-3-20(4-2)17-12-8-11-16-18-13-21(15-9-6-5-7-10-15)14-22(18)26(23,24)25-19(16)17/h5-12,18H,3-4,13-14H2,1-2H3/t18-/m0/s1. The minimum atomic E-state index is -3.82. The van der Waals surface area contributed by atoms with Gasteiger partial charge in [-0.2, -0.15) is 8.42 Å². The SMILES string of the molecule is CCN(CC)c1cccc2c1OS(=O)(=O)N1CN(c3ccccc3)C[C@@H]21. The second kappa shape index (κ2) is 6.48. The molecule has 0 bridgehead atoms. The van der Waals surface area contributed by atoms with Crippen LogP contribution in [0.1, 0.15) is 25.5 Å². The smallest absolute Gasteiger partial charge is 0.369 e. The lowest BCUT2D eigenvalue weighted by Gasteiger charge is -2.33. The van der Waals surface area contributed by atoms with Crippen LogP contribution in [0.3, 0.4) is 0 Å². The highest BCUT2D eigenvalue weighted by Gasteiger charge is 2.46. The summed E-state index contributed by atoms with van der Waals surface area (Å²) < 4.78 is 32.6. The van der Waals surface area contributed by atoms with E-state index in [2.05, 4.69) is 23.6 Å². The van der Waals surface area contributed by atoms with Crippen molar-refractivity contribution in [3.05, 3.63) is 54.1 Å². The second-order valence-electron chi connectivity index (χ2n) is 6.51. The highest BCUT2D eigenvalue weighted by Crippen LogP contribution is 2.46. The third-order valence-corrected chi connectivity index (χ3v) is 6.46. The van der Waals surface area contributed by atoms with Gasteiger partial charge < -0.3 is 14.0 Å². The molecule has 0 N–H and O–H groups in total. The predicted octanol–water partition coefficient (Wildman–Crippen LogP) is 2.99. The first-order valence-corrected chi connectivity index (χ1v) is 10.3. The number of anilines is 2. The minimum Gasteiger partial charge on any atom is -0.369 e. The second-order valence-corrected chi connectivity index (χ2v) is 8.00. The Morgan fingerprint density at radius 2 is 1.81 bits per heavy atom. The Morgan fingerprint density at radius 1 is 1.08 bits per heavy atom. The first-order chi connectivity index (χ1) is 12.5. The topological polar surface area (TPSA) is 53.1 Å². The van der Waals surface area contributed by atoms with E-state index in [1.54, 1.807) is 0 Å². The average Bonchev–Trinajstić information content (AvgIpc) is 3.11. The van der Waals surface area contributed by atoms with Crippen LogP contribution in [0.2, 0.25) is 0 Å². The predicted molar refractivity (Wildman–Crippen MR) is 103 cm³/mol. The van der Waals surface area contributed by atoms with Crippen molar-refractivity contribution in [2.24, 2.45) is 0 Å². The molecule has 2 aliphatic rings. The number of para-hydroxylation sites is 2. The molecule has 6 nitrogen and oxygen atoms in total. The van der Waals surface area contributed by atoms with Gasteiger partial charge >= 0.3 is 10.3 Å². The summed E-state index contributed by atoms with van der Waals surface area (Å²) in [7, 11) is -3.82. The highest BCUT2D eigenvalue weighted by molar-refractivity contribution is 7.84. The summed E-state index contributed by atoms with van der Waals surface area (Å²) in [6.07, 6.45) is 0. The van der Waals surface area contributed by atoms with Crippen molar-refractivity contribution in [2.75, 3.05) is 36.1 Å². The van der Waals surface area contributed by atoms with Crippen LogP contribution in [0.4, 0.5) is 11.4 Å². The molecule has 1 saturated heterocycles. The van der Waals surface area contributed by atoms with Crippen LogP contribution < -0.4 is 14.0 Å². The zero-order valence-corrected chi connectivity index (χ0v) is 15.8. The number of rotatable bonds is 4. The monoisotopic (exact) mass is 373 g/mol. The molecule has 1 atom stereocenters. The lowest BCUT2D eigenvalue weighted by molar-refractivity contribution is 0.322. The molecule has 2 heterocycles. The fraction of sp³-hybridized carbons (Fsp3) is 0.368. The van der Waals surface area contributed by atoms with Crippen molar-refractivity contribution < 1.29 is 12.6 Å². The van der Waals surface area contributed by atoms with E-state index < -0.39 is 10.3 Å². The Bertz CT molecular complexity index is 898. The summed E-state index contributed by atoms with van der Waals surface area (Å²) in [5.74, 6) is 0.479. The molecular weight excluding hydrogens is 350 g/mol. The third-order valence-electron chi connectivity index (χ3n) is 5.14. The van der Waals surface area contributed by atoms with Crippen LogP contribution in [-0.2, 0) is 10.3 Å². The van der Waals surface area contributed by atoms with Gasteiger partial charge in [0.1, 0.15) is 0 Å². The lowest BCUT2D eigenvalue weighted by Crippen LogP contribution is -2.40. The maximum atomic E-state index is 12.8. The Labute approximate surface area is 154 Å². The molecular formula is C19H23N3O3S. The van der Waals surface area contributed by atoms with Crippen molar-refractivity contribution in [3.63, 3.8) is 0 Å². The van der Waals surface area contributed by atoms with Gasteiger partial charge in [-0.1, -0.05) is 30.3 Å². The molecule has 2 aliphatic heterocycles. The average molecular weight is 373 g/mol. The summed E-state index contributed by atoms with van der Waals surface area (Å²) in [5, 5.41) is 0. The van der Waals surface area contributed by atoms with E-state index in [1.165, 1.54) is 4.31 Å². The van der Waals surface area contributed by atoms with Crippen LogP contribution in [0, 0.1) is 0 Å². The molecule has 7 heteroatoms. The van der Waals surface area contributed by atoms with Crippen molar-refractivity contribution in [1.82, 2.24) is 4.31 Å². The van der Waals surface area contributed by atoms with E-state index in [0.717, 1.165) is 30.0 Å². The first kappa shape index (κ1) is 17.2. The van der Waals surface area contributed by atoms with Crippen LogP contribution in [-0.4, -0.2) is 39.0 Å². The number of fused-ring (bicyclic) bond motifs is 3. The van der Waals surface area contributed by atoms with Crippen LogP contribution in [0.15, 0.2) is 48.5 Å². The van der Waals surface area contributed by atoms with Gasteiger partial charge in [-0.3, -0.25) is 0 Å². The van der Waals surface area contributed by atoms with Crippen LogP contribution in [0.25, 0.3) is 0 Å². The van der Waals surface area contributed by atoms with Crippen molar-refractivity contribution in [3.8, 4) is 5.75 Å². The van der Waals surface area contributed by atoms with E-state index in [0.29, 0.717) is 19.0 Å². The van der Waals surface area contributed by atoms with Gasteiger partial charge in [0.15, 0.2) is 5.75 Å². The molecule has 138 valence electrons. The Balaban J connectivity index is 1.77. The maximum absolute atomic E-state index is 12.8. The highest BCUT2D eigenvalue weighted by atomic mass is 32.2. The molecule has 0 spiro atoms. The fourth-order valence-corrected chi connectivity index (χ4v) is 5.05. The van der Waals surface area contributed by atoms with Gasteiger partial charge in [-0.25, -0.2) is 0 Å². The van der Waals surface area contributed by atoms with Gasteiger partial charge in [0.05, 0.1) is 18.4 Å². The number of benzene rings is 2. The minimum absolute atomic E-state index is 0.237. The van der Waals surface area contributed by atoms with Gasteiger partial charge in [0.2, 0.25) is 0 Å². The third kappa shape index (κ3) is 2.71. The summed E-state index contributed by atoms with van der Waals surface area (Å²) in [6.45, 7) is 6.60. The Kier molecular flexibility index (Phi) is 4.28. The normalized spacial score (nSPS) is 21.0. The molecule has 0 unspecified atom stereocenters. The summed E-state index contributed by atoms with van der Waals surface area (Å²) >= 11 is 0. The van der Waals surface area contributed by atoms with Gasteiger partial charge in [-0.05, 0) is 32.0 Å². The quantitative estimate of drug-likeness (QED) is 0.825. The van der Waals surface area contributed by atoms with Gasteiger partial charge in [-0.15, -0.1) is 4.31 Å². The first-order valence-electron chi connectivity index (χ1n) is 8.94. The fourth-order valence-electron chi connectivity index (χ4n) is 3.79. The zero-order chi connectivity index (χ0) is 18.3. The molecule has 1 fully saturated rings. The number of hydrogen-bond acceptors (Lipinski definition) is 5. The molecule has 0 radical (unpaired) electrons. The summed E-state index contributed by atoms with van der Waals surface area (Å²) in [4.78, 5) is 4.19. The summed E-state index contributed by atoms with van der Waals surface area (Å²) in [6, 6.07) is 15.5. The molecule has 4 rings (SSSR count). The van der Waals surface area contributed by atoms with E-state index >= 15 is 0 Å². The largest absolute Gasteiger partial charge is 0.387 e. The molecule has 0 aliphatic carbocycles. The Morgan fingerprint density at radius 3 is 2.50 bits per heavy atom. The molecule has 2 aromatic carbocycles. The molecule has 0 aromatic heterocycles.